The minimum absolute atomic E-state index is 0.157. The summed E-state index contributed by atoms with van der Waals surface area (Å²) in [6.45, 7) is 10.7. The number of hydrogen-bond donors (Lipinski definition) is 0. The van der Waals surface area contributed by atoms with Gasteiger partial charge in [0, 0.05) is 56.0 Å². The number of rotatable bonds is 6. The Bertz CT molecular complexity index is 1200. The summed E-state index contributed by atoms with van der Waals surface area (Å²) in [7, 11) is 0. The van der Waals surface area contributed by atoms with Gasteiger partial charge in [0.05, 0.1) is 23.6 Å². The topological polar surface area (TPSA) is 54.9 Å². The van der Waals surface area contributed by atoms with Gasteiger partial charge in [-0.15, -0.1) is 0 Å². The number of benzene rings is 2. The molecule has 2 aliphatic heterocycles. The van der Waals surface area contributed by atoms with E-state index >= 15 is 0 Å². The molecule has 0 radical (unpaired) electrons. The van der Waals surface area contributed by atoms with Crippen molar-refractivity contribution in [2.75, 3.05) is 37.7 Å². The number of hydrogen-bond acceptors (Lipinski definition) is 6. The largest absolute Gasteiger partial charge is 0.489 e. The van der Waals surface area contributed by atoms with Crippen LogP contribution in [-0.4, -0.2) is 54.7 Å². The van der Waals surface area contributed by atoms with Gasteiger partial charge < -0.3 is 14.4 Å². The summed E-state index contributed by atoms with van der Waals surface area (Å²) in [5.74, 6) is 0.611. The Balaban J connectivity index is 1.41. The summed E-state index contributed by atoms with van der Waals surface area (Å²) < 4.78 is 11.5. The zero-order chi connectivity index (χ0) is 24.4. The Morgan fingerprint density at radius 2 is 1.83 bits per heavy atom. The Labute approximate surface area is 207 Å². The standard InChI is InChI=1S/C29H33N3O3/c1-4-34-29(33)24-12-13-26(23-11-10-20(2)25-18-21(3)35-28(23)25)30-27(24)19-31-14-16-32(17-15-31)22-8-6-5-7-9-22/h5-13,21H,4,14-19H2,1-3H3. The molecule has 3 aromatic rings. The number of para-hydroxylation sites is 1. The molecule has 35 heavy (non-hydrogen) atoms. The van der Waals surface area contributed by atoms with Gasteiger partial charge in [-0.25, -0.2) is 4.79 Å². The van der Waals surface area contributed by atoms with E-state index < -0.39 is 0 Å². The molecule has 1 unspecified atom stereocenters. The number of pyridine rings is 1. The Hall–Kier alpha value is -3.38. The second-order valence-corrected chi connectivity index (χ2v) is 9.38. The summed E-state index contributed by atoms with van der Waals surface area (Å²) >= 11 is 0. The van der Waals surface area contributed by atoms with Crippen LogP contribution in [0.15, 0.2) is 54.6 Å². The SMILES string of the molecule is CCOC(=O)c1ccc(-c2ccc(C)c3c2OC(C)C3)nc1CN1CCN(c2ccccc2)CC1. The average molecular weight is 472 g/mol. The molecule has 1 fully saturated rings. The highest BCUT2D eigenvalue weighted by molar-refractivity contribution is 5.91. The molecule has 3 heterocycles. The molecule has 182 valence electrons. The lowest BCUT2D eigenvalue weighted by Gasteiger charge is -2.36. The molecule has 1 atom stereocenters. The number of aromatic nitrogens is 1. The van der Waals surface area contributed by atoms with Crippen LogP contribution in [0.3, 0.4) is 0 Å². The van der Waals surface area contributed by atoms with E-state index in [1.54, 1.807) is 0 Å². The fourth-order valence-corrected chi connectivity index (χ4v) is 5.03. The van der Waals surface area contributed by atoms with Gasteiger partial charge in [-0.05, 0) is 56.7 Å². The van der Waals surface area contributed by atoms with Crippen LogP contribution in [0, 0.1) is 6.92 Å². The molecule has 2 aliphatic rings. The van der Waals surface area contributed by atoms with E-state index in [1.807, 2.05) is 25.1 Å². The van der Waals surface area contributed by atoms with Crippen LogP contribution in [0.25, 0.3) is 11.3 Å². The first-order valence-corrected chi connectivity index (χ1v) is 12.5. The molecule has 2 aromatic carbocycles. The van der Waals surface area contributed by atoms with E-state index in [9.17, 15) is 4.79 Å². The smallest absolute Gasteiger partial charge is 0.340 e. The van der Waals surface area contributed by atoms with Crippen molar-refractivity contribution < 1.29 is 14.3 Å². The van der Waals surface area contributed by atoms with Crippen molar-refractivity contribution in [3.63, 3.8) is 0 Å². The summed E-state index contributed by atoms with van der Waals surface area (Å²) in [6, 6.07) is 18.5. The number of carbonyl (C=O) groups excluding carboxylic acids is 1. The minimum Gasteiger partial charge on any atom is -0.489 e. The van der Waals surface area contributed by atoms with Crippen molar-refractivity contribution >= 4 is 11.7 Å². The first-order chi connectivity index (χ1) is 17.0. The summed E-state index contributed by atoms with van der Waals surface area (Å²) in [5.41, 5.74) is 6.87. The van der Waals surface area contributed by atoms with Gasteiger partial charge in [-0.1, -0.05) is 24.3 Å². The lowest BCUT2D eigenvalue weighted by Crippen LogP contribution is -2.46. The van der Waals surface area contributed by atoms with E-state index in [-0.39, 0.29) is 12.1 Å². The number of esters is 1. The van der Waals surface area contributed by atoms with E-state index in [0.717, 1.165) is 55.3 Å². The molecule has 0 saturated carbocycles. The van der Waals surface area contributed by atoms with Crippen LogP contribution in [-0.2, 0) is 17.7 Å². The number of carbonyl (C=O) groups is 1. The fourth-order valence-electron chi connectivity index (χ4n) is 5.03. The predicted octanol–water partition coefficient (Wildman–Crippen LogP) is 4.88. The first kappa shape index (κ1) is 23.4. The second-order valence-electron chi connectivity index (χ2n) is 9.38. The van der Waals surface area contributed by atoms with Crippen LogP contribution in [0.5, 0.6) is 5.75 Å². The van der Waals surface area contributed by atoms with Crippen molar-refractivity contribution in [1.82, 2.24) is 9.88 Å². The van der Waals surface area contributed by atoms with E-state index in [0.29, 0.717) is 18.7 Å². The van der Waals surface area contributed by atoms with Crippen LogP contribution >= 0.6 is 0 Å². The quantitative estimate of drug-likeness (QED) is 0.478. The second kappa shape index (κ2) is 10.1. The van der Waals surface area contributed by atoms with Crippen molar-refractivity contribution in [2.45, 2.75) is 39.8 Å². The van der Waals surface area contributed by atoms with Crippen molar-refractivity contribution in [1.29, 1.82) is 0 Å². The molecule has 0 amide bonds. The maximum atomic E-state index is 12.8. The third-order valence-electron chi connectivity index (χ3n) is 6.92. The monoisotopic (exact) mass is 471 g/mol. The summed E-state index contributed by atoms with van der Waals surface area (Å²) in [5, 5.41) is 0. The molecule has 5 rings (SSSR count). The summed E-state index contributed by atoms with van der Waals surface area (Å²) in [6.07, 6.45) is 1.07. The highest BCUT2D eigenvalue weighted by atomic mass is 16.5. The number of ether oxygens (including phenoxy) is 2. The molecule has 6 nitrogen and oxygen atoms in total. The Kier molecular flexibility index (Phi) is 6.73. The van der Waals surface area contributed by atoms with Crippen molar-refractivity contribution in [3.05, 3.63) is 77.0 Å². The third-order valence-corrected chi connectivity index (χ3v) is 6.92. The van der Waals surface area contributed by atoms with E-state index in [4.69, 9.17) is 14.5 Å². The predicted molar refractivity (Wildman–Crippen MR) is 138 cm³/mol. The number of piperazine rings is 1. The van der Waals surface area contributed by atoms with Gasteiger partial charge in [0.1, 0.15) is 11.9 Å². The van der Waals surface area contributed by atoms with E-state index in [1.165, 1.54) is 16.8 Å². The third kappa shape index (κ3) is 4.89. The average Bonchev–Trinajstić information content (AvgIpc) is 3.28. The molecular weight excluding hydrogens is 438 g/mol. The Morgan fingerprint density at radius 1 is 1.06 bits per heavy atom. The normalized spacial score (nSPS) is 17.7. The number of aryl methyl sites for hydroxylation is 1. The van der Waals surface area contributed by atoms with Gasteiger partial charge in [-0.2, -0.15) is 0 Å². The van der Waals surface area contributed by atoms with Gasteiger partial charge in [0.25, 0.3) is 0 Å². The van der Waals surface area contributed by atoms with Gasteiger partial charge in [0.2, 0.25) is 0 Å². The van der Waals surface area contributed by atoms with Gasteiger partial charge in [0.15, 0.2) is 0 Å². The van der Waals surface area contributed by atoms with Gasteiger partial charge >= 0.3 is 5.97 Å². The molecule has 0 N–H and O–H groups in total. The molecule has 1 aromatic heterocycles. The van der Waals surface area contributed by atoms with Crippen LogP contribution in [0.2, 0.25) is 0 Å². The molecular formula is C29H33N3O3. The summed E-state index contributed by atoms with van der Waals surface area (Å²) in [4.78, 5) is 22.5. The molecule has 1 saturated heterocycles. The van der Waals surface area contributed by atoms with E-state index in [2.05, 4.69) is 60.0 Å². The molecule has 0 aliphatic carbocycles. The zero-order valence-electron chi connectivity index (χ0n) is 20.8. The van der Waals surface area contributed by atoms with Crippen molar-refractivity contribution in [3.8, 4) is 17.0 Å². The lowest BCUT2D eigenvalue weighted by molar-refractivity contribution is 0.0523. The first-order valence-electron chi connectivity index (χ1n) is 12.5. The highest BCUT2D eigenvalue weighted by Crippen LogP contribution is 2.40. The molecule has 0 spiro atoms. The molecule has 0 bridgehead atoms. The maximum absolute atomic E-state index is 12.8. The fraction of sp³-hybridized carbons (Fsp3) is 0.379. The number of fused-ring (bicyclic) bond motifs is 1. The van der Waals surface area contributed by atoms with Gasteiger partial charge in [-0.3, -0.25) is 9.88 Å². The van der Waals surface area contributed by atoms with Crippen LogP contribution in [0.4, 0.5) is 5.69 Å². The number of nitrogens with zero attached hydrogens (tertiary/aromatic N) is 3. The van der Waals surface area contributed by atoms with Crippen molar-refractivity contribution in [2.24, 2.45) is 0 Å². The Morgan fingerprint density at radius 3 is 2.57 bits per heavy atom. The maximum Gasteiger partial charge on any atom is 0.340 e. The molecule has 6 heteroatoms. The highest BCUT2D eigenvalue weighted by Gasteiger charge is 2.26. The zero-order valence-corrected chi connectivity index (χ0v) is 20.8. The lowest BCUT2D eigenvalue weighted by atomic mass is 9.98. The van der Waals surface area contributed by atoms with Crippen LogP contribution in [0.1, 0.15) is 41.0 Å². The number of anilines is 1. The van der Waals surface area contributed by atoms with Crippen LogP contribution < -0.4 is 9.64 Å². The minimum atomic E-state index is -0.316.